The number of amides is 1. The molecule has 0 bridgehead atoms. The van der Waals surface area contributed by atoms with Gasteiger partial charge in [0.25, 0.3) is 5.91 Å². The number of aromatic nitrogens is 3. The van der Waals surface area contributed by atoms with Crippen LogP contribution in [0.1, 0.15) is 52.0 Å². The van der Waals surface area contributed by atoms with E-state index in [1.165, 1.54) is 17.7 Å². The Balaban J connectivity index is 1.40. The Labute approximate surface area is 241 Å². The van der Waals surface area contributed by atoms with Crippen LogP contribution in [-0.4, -0.2) is 52.4 Å². The highest BCUT2D eigenvalue weighted by molar-refractivity contribution is 7.20. The van der Waals surface area contributed by atoms with Gasteiger partial charge in [0.1, 0.15) is 21.9 Å². The number of rotatable bonds is 11. The first-order valence-corrected chi connectivity index (χ1v) is 14.4. The summed E-state index contributed by atoms with van der Waals surface area (Å²) in [6.07, 6.45) is 3.84. The van der Waals surface area contributed by atoms with Gasteiger partial charge in [0.2, 0.25) is 11.8 Å². The SMILES string of the molecule is COc1cc(CN(C)C(=O)c2sc3ncnc(NCC4CCC(F)(F)CC4)c3c2COCc2ccccc2)ccn1. The highest BCUT2D eigenvalue weighted by Gasteiger charge is 2.35. The zero-order chi connectivity index (χ0) is 28.8. The number of halogens is 2. The Morgan fingerprint density at radius 2 is 1.88 bits per heavy atom. The summed E-state index contributed by atoms with van der Waals surface area (Å²) in [6.45, 7) is 1.45. The number of anilines is 1. The molecule has 1 N–H and O–H groups in total. The molecule has 41 heavy (non-hydrogen) atoms. The van der Waals surface area contributed by atoms with Crippen LogP contribution in [0.4, 0.5) is 14.6 Å². The lowest BCUT2D eigenvalue weighted by molar-refractivity contribution is -0.0443. The number of hydrogen-bond donors (Lipinski definition) is 1. The van der Waals surface area contributed by atoms with E-state index in [9.17, 15) is 13.6 Å². The standard InChI is InChI=1S/C30H33F2N5O3S/c1-37(16-22-10-13-33-24(14-22)39-2)29(38)26-23(18-40-17-21-6-4-3-5-7-21)25-27(35-19-36-28(25)41-26)34-15-20-8-11-30(31,32)12-9-20/h3-7,10,13-14,19-20H,8-9,11-12,15-18H2,1-2H3,(H,34,35,36). The topological polar surface area (TPSA) is 89.5 Å². The van der Waals surface area contributed by atoms with Gasteiger partial charge < -0.3 is 19.7 Å². The number of nitrogens with zero attached hydrogens (tertiary/aromatic N) is 4. The van der Waals surface area contributed by atoms with Crippen LogP contribution in [0.25, 0.3) is 10.2 Å². The fraction of sp³-hybridized carbons (Fsp3) is 0.400. The van der Waals surface area contributed by atoms with Crippen molar-refractivity contribution in [2.45, 2.75) is 51.4 Å². The van der Waals surface area contributed by atoms with Gasteiger partial charge in [-0.2, -0.15) is 0 Å². The maximum absolute atomic E-state index is 13.8. The van der Waals surface area contributed by atoms with Gasteiger partial charge in [-0.15, -0.1) is 11.3 Å². The average Bonchev–Trinajstić information content (AvgIpc) is 3.36. The van der Waals surface area contributed by atoms with E-state index in [-0.39, 0.29) is 31.3 Å². The minimum Gasteiger partial charge on any atom is -0.481 e. The number of fused-ring (bicyclic) bond motifs is 1. The number of nitrogens with one attached hydrogen (secondary N) is 1. The number of ether oxygens (including phenoxy) is 2. The van der Waals surface area contributed by atoms with Gasteiger partial charge in [0.15, 0.2) is 0 Å². The summed E-state index contributed by atoms with van der Waals surface area (Å²) >= 11 is 1.30. The van der Waals surface area contributed by atoms with Crippen molar-refractivity contribution in [3.8, 4) is 5.88 Å². The van der Waals surface area contributed by atoms with Crippen molar-refractivity contribution in [3.05, 3.63) is 76.6 Å². The molecule has 11 heteroatoms. The zero-order valence-corrected chi connectivity index (χ0v) is 23.9. The summed E-state index contributed by atoms with van der Waals surface area (Å²) in [5, 5.41) is 4.11. The molecular formula is C30H33F2N5O3S. The lowest BCUT2D eigenvalue weighted by Gasteiger charge is -2.28. The van der Waals surface area contributed by atoms with Crippen molar-refractivity contribution >= 4 is 33.3 Å². The first-order valence-electron chi connectivity index (χ1n) is 13.6. The van der Waals surface area contributed by atoms with Gasteiger partial charge >= 0.3 is 0 Å². The highest BCUT2D eigenvalue weighted by atomic mass is 32.1. The summed E-state index contributed by atoms with van der Waals surface area (Å²) in [6, 6.07) is 13.5. The fourth-order valence-corrected chi connectivity index (χ4v) is 6.15. The van der Waals surface area contributed by atoms with Crippen LogP contribution in [0.15, 0.2) is 55.0 Å². The van der Waals surface area contributed by atoms with Crippen LogP contribution in [0.2, 0.25) is 0 Å². The summed E-state index contributed by atoms with van der Waals surface area (Å²) in [5.41, 5.74) is 2.62. The molecule has 1 aliphatic carbocycles. The molecule has 1 amide bonds. The molecule has 3 heterocycles. The number of hydrogen-bond acceptors (Lipinski definition) is 8. The van der Waals surface area contributed by atoms with Gasteiger partial charge in [-0.1, -0.05) is 30.3 Å². The van der Waals surface area contributed by atoms with Crippen molar-refractivity contribution in [2.75, 3.05) is 26.0 Å². The van der Waals surface area contributed by atoms with E-state index in [1.54, 1.807) is 31.3 Å². The molecule has 1 aliphatic rings. The van der Waals surface area contributed by atoms with Gasteiger partial charge in [-0.3, -0.25) is 4.79 Å². The molecule has 0 aliphatic heterocycles. The van der Waals surface area contributed by atoms with E-state index >= 15 is 0 Å². The quantitative estimate of drug-likeness (QED) is 0.222. The Hall–Kier alpha value is -3.70. The molecule has 0 atom stereocenters. The molecular weight excluding hydrogens is 548 g/mol. The van der Waals surface area contributed by atoms with Gasteiger partial charge in [0.05, 0.1) is 25.7 Å². The smallest absolute Gasteiger partial charge is 0.264 e. The minimum absolute atomic E-state index is 0.0934. The van der Waals surface area contributed by atoms with Gasteiger partial charge in [0, 0.05) is 50.8 Å². The van der Waals surface area contributed by atoms with E-state index in [4.69, 9.17) is 9.47 Å². The number of methoxy groups -OCH3 is 1. The normalized spacial score (nSPS) is 15.1. The molecule has 0 radical (unpaired) electrons. The monoisotopic (exact) mass is 581 g/mol. The largest absolute Gasteiger partial charge is 0.481 e. The molecule has 1 fully saturated rings. The lowest BCUT2D eigenvalue weighted by atomic mass is 9.87. The second kappa shape index (κ2) is 12.9. The van der Waals surface area contributed by atoms with Crippen LogP contribution in [0.3, 0.4) is 0 Å². The lowest BCUT2D eigenvalue weighted by Crippen LogP contribution is -2.28. The number of alkyl halides is 2. The first kappa shape index (κ1) is 28.8. The predicted octanol–water partition coefficient (Wildman–Crippen LogP) is 6.32. The maximum atomic E-state index is 13.8. The Morgan fingerprint density at radius 3 is 2.63 bits per heavy atom. The molecule has 0 saturated heterocycles. The van der Waals surface area contributed by atoms with Crippen LogP contribution in [-0.2, 0) is 24.5 Å². The molecule has 0 spiro atoms. The molecule has 216 valence electrons. The first-order chi connectivity index (χ1) is 19.8. The molecule has 4 aromatic rings. The molecule has 0 unspecified atom stereocenters. The summed E-state index contributed by atoms with van der Waals surface area (Å²) in [5.74, 6) is -1.55. The second-order valence-electron chi connectivity index (χ2n) is 10.3. The molecule has 8 nitrogen and oxygen atoms in total. The van der Waals surface area contributed by atoms with E-state index in [0.717, 1.165) is 16.5 Å². The number of carbonyl (C=O) groups excluding carboxylic acids is 1. The third-order valence-electron chi connectivity index (χ3n) is 7.31. The van der Waals surface area contributed by atoms with Gasteiger partial charge in [-0.05, 0) is 36.0 Å². The summed E-state index contributed by atoms with van der Waals surface area (Å²) in [7, 11) is 3.30. The maximum Gasteiger partial charge on any atom is 0.264 e. The Kier molecular flexibility index (Phi) is 9.04. The number of thiophene rings is 1. The van der Waals surface area contributed by atoms with Crippen molar-refractivity contribution in [1.29, 1.82) is 0 Å². The molecule has 1 saturated carbocycles. The zero-order valence-electron chi connectivity index (χ0n) is 23.1. The second-order valence-corrected chi connectivity index (χ2v) is 11.3. The van der Waals surface area contributed by atoms with Crippen molar-refractivity contribution in [1.82, 2.24) is 19.9 Å². The minimum atomic E-state index is -2.57. The summed E-state index contributed by atoms with van der Waals surface area (Å²) in [4.78, 5) is 29.7. The third kappa shape index (κ3) is 7.15. The highest BCUT2D eigenvalue weighted by Crippen LogP contribution is 2.38. The van der Waals surface area contributed by atoms with Crippen LogP contribution >= 0.6 is 11.3 Å². The predicted molar refractivity (Wildman–Crippen MR) is 154 cm³/mol. The van der Waals surface area contributed by atoms with E-state index in [0.29, 0.717) is 59.5 Å². The average molecular weight is 582 g/mol. The van der Waals surface area contributed by atoms with Crippen molar-refractivity contribution in [3.63, 3.8) is 0 Å². The van der Waals surface area contributed by atoms with Crippen molar-refractivity contribution in [2.24, 2.45) is 5.92 Å². The third-order valence-corrected chi connectivity index (χ3v) is 8.44. The van der Waals surface area contributed by atoms with Gasteiger partial charge in [-0.25, -0.2) is 23.7 Å². The van der Waals surface area contributed by atoms with Crippen molar-refractivity contribution < 1.29 is 23.0 Å². The van der Waals surface area contributed by atoms with Crippen LogP contribution < -0.4 is 10.1 Å². The Bertz CT molecular complexity index is 1470. The summed E-state index contributed by atoms with van der Waals surface area (Å²) < 4.78 is 38.7. The number of benzene rings is 1. The number of pyridine rings is 1. The molecule has 3 aromatic heterocycles. The van der Waals surface area contributed by atoms with Crippen LogP contribution in [0, 0.1) is 5.92 Å². The Morgan fingerprint density at radius 1 is 1.10 bits per heavy atom. The molecule has 5 rings (SSSR count). The fourth-order valence-electron chi connectivity index (χ4n) is 5.00. The van der Waals surface area contributed by atoms with Crippen LogP contribution in [0.5, 0.6) is 5.88 Å². The number of carbonyl (C=O) groups is 1. The van der Waals surface area contributed by atoms with E-state index in [2.05, 4.69) is 20.3 Å². The molecule has 1 aromatic carbocycles. The van der Waals surface area contributed by atoms with E-state index in [1.807, 2.05) is 36.4 Å². The van der Waals surface area contributed by atoms with E-state index < -0.39 is 5.92 Å².